The van der Waals surface area contributed by atoms with Gasteiger partial charge in [0, 0.05) is 28.2 Å². The van der Waals surface area contributed by atoms with Crippen LogP contribution in [0.25, 0.3) is 21.9 Å². The van der Waals surface area contributed by atoms with E-state index in [9.17, 15) is 8.78 Å². The van der Waals surface area contributed by atoms with Crippen LogP contribution >= 0.6 is 23.3 Å². The van der Waals surface area contributed by atoms with Crippen molar-refractivity contribution in [2.75, 3.05) is 6.54 Å². The van der Waals surface area contributed by atoms with E-state index >= 15 is 0 Å². The minimum Gasteiger partial charge on any atom is -0.310 e. The van der Waals surface area contributed by atoms with Crippen molar-refractivity contribution in [3.63, 3.8) is 0 Å². The van der Waals surface area contributed by atoms with Gasteiger partial charge in [-0.1, -0.05) is 17.4 Å². The van der Waals surface area contributed by atoms with Crippen LogP contribution in [0.15, 0.2) is 29.4 Å². The van der Waals surface area contributed by atoms with E-state index in [1.807, 2.05) is 10.6 Å². The van der Waals surface area contributed by atoms with Crippen LogP contribution in [0.5, 0.6) is 0 Å². The van der Waals surface area contributed by atoms with Crippen molar-refractivity contribution in [1.82, 2.24) is 29.6 Å². The maximum absolute atomic E-state index is 13.0. The minimum absolute atomic E-state index is 0.186. The molecule has 0 radical (unpaired) electrons. The lowest BCUT2D eigenvalue weighted by Crippen LogP contribution is -2.29. The van der Waals surface area contributed by atoms with Crippen molar-refractivity contribution < 1.29 is 8.78 Å². The Balaban J connectivity index is 1.61. The first-order valence-corrected chi connectivity index (χ1v) is 11.6. The number of nitrogens with one attached hydrogen (secondary N) is 2. The molecule has 1 aliphatic carbocycles. The molecule has 0 amide bonds. The van der Waals surface area contributed by atoms with Gasteiger partial charge in [-0.05, 0) is 63.2 Å². The smallest absolute Gasteiger partial charge is 0.291 e. The molecule has 0 spiro atoms. The molecule has 2 aliphatic rings. The van der Waals surface area contributed by atoms with E-state index in [1.54, 1.807) is 18.1 Å². The van der Waals surface area contributed by atoms with Crippen molar-refractivity contribution in [2.24, 2.45) is 0 Å². The topological polar surface area (TPSA) is 67.1 Å². The molecule has 3 aromatic heterocycles. The fourth-order valence-corrected chi connectivity index (χ4v) is 5.13. The van der Waals surface area contributed by atoms with Gasteiger partial charge in [-0.25, -0.2) is 13.8 Å². The second-order valence-electron chi connectivity index (χ2n) is 8.12. The van der Waals surface area contributed by atoms with E-state index in [-0.39, 0.29) is 10.5 Å². The van der Waals surface area contributed by atoms with Crippen LogP contribution in [0.2, 0.25) is 0 Å². The third kappa shape index (κ3) is 3.89. The van der Waals surface area contributed by atoms with Gasteiger partial charge < -0.3 is 5.32 Å². The van der Waals surface area contributed by atoms with Gasteiger partial charge in [0.25, 0.3) is 6.43 Å². The summed E-state index contributed by atoms with van der Waals surface area (Å²) in [5.41, 5.74) is 3.52. The lowest BCUT2D eigenvalue weighted by molar-refractivity contribution is 0.150. The Morgan fingerprint density at radius 3 is 2.90 bits per heavy atom. The summed E-state index contributed by atoms with van der Waals surface area (Å²) in [5.74, 6) is 0.540. The Kier molecular flexibility index (Phi) is 5.12. The van der Waals surface area contributed by atoms with Crippen LogP contribution in [0, 0.1) is 0 Å². The summed E-state index contributed by atoms with van der Waals surface area (Å²) in [6.45, 7) is 5.27. The Hall–Kier alpha value is -1.88. The molecule has 1 unspecified atom stereocenters. The molecule has 0 bridgehead atoms. The third-order valence-electron chi connectivity index (χ3n) is 5.51. The maximum Gasteiger partial charge on any atom is 0.291 e. The van der Waals surface area contributed by atoms with Gasteiger partial charge in [0.1, 0.15) is 0 Å². The number of pyridine rings is 1. The van der Waals surface area contributed by atoms with Crippen LogP contribution in [0.1, 0.15) is 50.1 Å². The summed E-state index contributed by atoms with van der Waals surface area (Å²) in [5, 5.41) is 11.1. The Bertz CT molecular complexity index is 1120. The van der Waals surface area contributed by atoms with Crippen molar-refractivity contribution >= 4 is 34.4 Å². The van der Waals surface area contributed by atoms with Crippen LogP contribution < -0.4 is 10.0 Å². The van der Waals surface area contributed by atoms with E-state index in [1.165, 1.54) is 18.4 Å². The number of nitrogens with zero attached hydrogens (tertiary/aromatic N) is 4. The average molecular weight is 449 g/mol. The number of aromatic nitrogens is 4. The van der Waals surface area contributed by atoms with Crippen LogP contribution in [-0.2, 0) is 0 Å². The van der Waals surface area contributed by atoms with E-state index in [0.717, 1.165) is 40.3 Å². The number of hydrogen-bond acceptors (Lipinski definition) is 7. The first-order valence-electron chi connectivity index (χ1n) is 9.93. The number of imidazole rings is 1. The molecule has 4 heterocycles. The third-order valence-corrected chi connectivity index (χ3v) is 7.49. The molecular weight excluding hydrogens is 426 g/mol. The maximum atomic E-state index is 13.0. The Morgan fingerprint density at radius 2 is 2.20 bits per heavy atom. The zero-order valence-electron chi connectivity index (χ0n) is 16.7. The summed E-state index contributed by atoms with van der Waals surface area (Å²) in [6, 6.07) is 2.49. The van der Waals surface area contributed by atoms with Crippen LogP contribution in [0.4, 0.5) is 8.78 Å². The predicted octanol–water partition coefficient (Wildman–Crippen LogP) is 4.70. The highest BCUT2D eigenvalue weighted by Gasteiger charge is 2.37. The highest BCUT2D eigenvalue weighted by Crippen LogP contribution is 2.39. The molecular formula is C20H22F2N6S2. The lowest BCUT2D eigenvalue weighted by atomic mass is 9.97. The zero-order valence-corrected chi connectivity index (χ0v) is 18.3. The highest BCUT2D eigenvalue weighted by atomic mass is 32.2. The van der Waals surface area contributed by atoms with Gasteiger partial charge in [0.05, 0.1) is 11.7 Å². The molecule has 1 atom stereocenters. The van der Waals surface area contributed by atoms with Gasteiger partial charge in [-0.3, -0.25) is 9.12 Å². The van der Waals surface area contributed by atoms with Gasteiger partial charge in [0.15, 0.2) is 15.8 Å². The van der Waals surface area contributed by atoms with Crippen molar-refractivity contribution in [3.8, 4) is 10.8 Å². The normalized spacial score (nSPS) is 20.7. The summed E-state index contributed by atoms with van der Waals surface area (Å²) >= 11 is 2.49. The molecule has 1 aliphatic heterocycles. The molecule has 3 aromatic rings. The SMILES string of the molecule is CC1C=C(c2cc(SNC3(C)CC3)cn3c(-c4nnc(C(F)F)s4)ncc23)CCN1. The second kappa shape index (κ2) is 7.67. The summed E-state index contributed by atoms with van der Waals surface area (Å²) in [6.07, 6.45) is 6.67. The second-order valence-corrected chi connectivity index (χ2v) is 10.0. The Morgan fingerprint density at radius 1 is 1.37 bits per heavy atom. The summed E-state index contributed by atoms with van der Waals surface area (Å²) in [7, 11) is 0. The van der Waals surface area contributed by atoms with Crippen LogP contribution in [-0.4, -0.2) is 37.7 Å². The monoisotopic (exact) mass is 448 g/mol. The number of rotatable bonds is 6. The van der Waals surface area contributed by atoms with Gasteiger partial charge >= 0.3 is 0 Å². The fourth-order valence-electron chi connectivity index (χ4n) is 3.53. The number of fused-ring (bicyclic) bond motifs is 1. The molecule has 1 fully saturated rings. The summed E-state index contributed by atoms with van der Waals surface area (Å²) in [4.78, 5) is 5.58. The largest absolute Gasteiger partial charge is 0.310 e. The van der Waals surface area contributed by atoms with Crippen molar-refractivity contribution in [3.05, 3.63) is 35.1 Å². The fraction of sp³-hybridized carbons (Fsp3) is 0.450. The Labute approximate surface area is 181 Å². The quantitative estimate of drug-likeness (QED) is 0.533. The number of halogens is 2. The lowest BCUT2D eigenvalue weighted by Gasteiger charge is -2.21. The highest BCUT2D eigenvalue weighted by molar-refractivity contribution is 7.97. The summed E-state index contributed by atoms with van der Waals surface area (Å²) < 4.78 is 31.5. The molecule has 1 saturated carbocycles. The van der Waals surface area contributed by atoms with Gasteiger partial charge in [0.2, 0.25) is 0 Å². The molecule has 2 N–H and O–H groups in total. The zero-order chi connectivity index (χ0) is 20.9. The molecule has 30 heavy (non-hydrogen) atoms. The van der Waals surface area contributed by atoms with Gasteiger partial charge in [-0.15, -0.1) is 10.2 Å². The van der Waals surface area contributed by atoms with E-state index in [0.29, 0.717) is 16.9 Å². The average Bonchev–Trinajstić information content (AvgIpc) is 3.12. The molecule has 158 valence electrons. The minimum atomic E-state index is -2.63. The molecule has 10 heteroatoms. The molecule has 5 rings (SSSR count). The van der Waals surface area contributed by atoms with Crippen molar-refractivity contribution in [1.29, 1.82) is 0 Å². The predicted molar refractivity (Wildman–Crippen MR) is 116 cm³/mol. The molecule has 0 saturated heterocycles. The van der Waals surface area contributed by atoms with E-state index in [2.05, 4.69) is 51.2 Å². The van der Waals surface area contributed by atoms with E-state index in [4.69, 9.17) is 0 Å². The standard InChI is InChI=1S/C20H22F2N6S2/c1-11-7-12(3-6-23-11)14-8-13(30-27-20(2)4-5-20)10-28-15(14)9-24-17(28)19-26-25-18(29-19)16(21)22/h7-11,16,23,27H,3-6H2,1-2H3. The van der Waals surface area contributed by atoms with Gasteiger partial charge in [-0.2, -0.15) is 0 Å². The van der Waals surface area contributed by atoms with E-state index < -0.39 is 6.43 Å². The first-order chi connectivity index (χ1) is 14.4. The number of hydrogen-bond donors (Lipinski definition) is 2. The first kappa shape index (κ1) is 20.0. The van der Waals surface area contributed by atoms with Crippen LogP contribution in [0.3, 0.4) is 0 Å². The molecule has 0 aromatic carbocycles. The number of alkyl halides is 2. The molecule has 6 nitrogen and oxygen atoms in total. The van der Waals surface area contributed by atoms with Crippen molar-refractivity contribution in [2.45, 2.75) is 56.0 Å².